The SMILES string of the molecule is CCCOc1cc(C(=O)O)cc(OCCCS(=O)(=O)O)c1OCCC. The molecule has 0 saturated carbocycles. The van der Waals surface area contributed by atoms with Gasteiger partial charge in [0.25, 0.3) is 10.1 Å². The second-order valence-electron chi connectivity index (χ2n) is 5.29. The van der Waals surface area contributed by atoms with Crippen molar-refractivity contribution in [3.05, 3.63) is 17.7 Å². The van der Waals surface area contributed by atoms with E-state index in [2.05, 4.69) is 0 Å². The molecule has 0 spiro atoms. The summed E-state index contributed by atoms with van der Waals surface area (Å²) in [5, 5.41) is 9.24. The molecule has 9 heteroatoms. The number of carboxylic acids is 1. The van der Waals surface area contributed by atoms with Crippen molar-refractivity contribution in [2.24, 2.45) is 0 Å². The van der Waals surface area contributed by atoms with E-state index in [4.69, 9.17) is 18.8 Å². The van der Waals surface area contributed by atoms with Gasteiger partial charge in [0.15, 0.2) is 11.5 Å². The maximum atomic E-state index is 11.3. The maximum absolute atomic E-state index is 11.3. The fraction of sp³-hybridized carbons (Fsp3) is 0.562. The Kier molecular flexibility index (Phi) is 8.50. The van der Waals surface area contributed by atoms with E-state index in [1.165, 1.54) is 12.1 Å². The summed E-state index contributed by atoms with van der Waals surface area (Å²) in [5.41, 5.74) is -0.0280. The summed E-state index contributed by atoms with van der Waals surface area (Å²) in [6.07, 6.45) is 1.51. The molecule has 0 atom stereocenters. The van der Waals surface area contributed by atoms with E-state index in [1.54, 1.807) is 0 Å². The van der Waals surface area contributed by atoms with Gasteiger partial charge in [0.2, 0.25) is 5.75 Å². The van der Waals surface area contributed by atoms with Crippen molar-refractivity contribution in [3.8, 4) is 17.2 Å². The summed E-state index contributed by atoms with van der Waals surface area (Å²) >= 11 is 0. The molecule has 1 aromatic carbocycles. The van der Waals surface area contributed by atoms with Crippen molar-refractivity contribution in [2.45, 2.75) is 33.1 Å². The van der Waals surface area contributed by atoms with E-state index in [0.29, 0.717) is 13.2 Å². The summed E-state index contributed by atoms with van der Waals surface area (Å²) < 4.78 is 46.9. The number of aromatic carboxylic acids is 1. The van der Waals surface area contributed by atoms with Gasteiger partial charge in [-0.3, -0.25) is 4.55 Å². The molecule has 0 heterocycles. The topological polar surface area (TPSA) is 119 Å². The number of benzene rings is 1. The molecule has 25 heavy (non-hydrogen) atoms. The van der Waals surface area contributed by atoms with Crippen molar-refractivity contribution in [2.75, 3.05) is 25.6 Å². The van der Waals surface area contributed by atoms with E-state index < -0.39 is 21.8 Å². The molecule has 0 saturated heterocycles. The summed E-state index contributed by atoms with van der Waals surface area (Å²) in [5.74, 6) is -0.885. The average molecular weight is 376 g/mol. The minimum atomic E-state index is -4.07. The molecule has 1 aromatic rings. The molecule has 0 aromatic heterocycles. The minimum Gasteiger partial charge on any atom is -0.490 e. The number of rotatable bonds is 12. The summed E-state index contributed by atoms with van der Waals surface area (Å²) in [6, 6.07) is 2.67. The zero-order chi connectivity index (χ0) is 18.9. The predicted molar refractivity (Wildman–Crippen MR) is 91.5 cm³/mol. The van der Waals surface area contributed by atoms with E-state index in [-0.39, 0.29) is 35.8 Å². The van der Waals surface area contributed by atoms with E-state index in [9.17, 15) is 18.3 Å². The largest absolute Gasteiger partial charge is 0.490 e. The Hall–Kier alpha value is -2.00. The smallest absolute Gasteiger partial charge is 0.335 e. The zero-order valence-electron chi connectivity index (χ0n) is 14.4. The lowest BCUT2D eigenvalue weighted by Gasteiger charge is -2.17. The molecule has 0 aliphatic heterocycles. The highest BCUT2D eigenvalue weighted by Crippen LogP contribution is 2.39. The van der Waals surface area contributed by atoms with Crippen LogP contribution in [0, 0.1) is 0 Å². The molecule has 0 aliphatic rings. The van der Waals surface area contributed by atoms with E-state index >= 15 is 0 Å². The first-order chi connectivity index (χ1) is 11.8. The Morgan fingerprint density at radius 3 is 2.00 bits per heavy atom. The summed E-state index contributed by atoms with van der Waals surface area (Å²) in [4.78, 5) is 11.3. The zero-order valence-corrected chi connectivity index (χ0v) is 15.2. The lowest BCUT2D eigenvalue weighted by Crippen LogP contribution is -2.10. The minimum absolute atomic E-state index is 0.0280. The first kappa shape index (κ1) is 21.0. The molecular formula is C16H24O8S. The van der Waals surface area contributed by atoms with Crippen molar-refractivity contribution < 1.29 is 37.1 Å². The Morgan fingerprint density at radius 2 is 1.52 bits per heavy atom. The third kappa shape index (κ3) is 7.61. The number of carbonyl (C=O) groups is 1. The van der Waals surface area contributed by atoms with Crippen molar-refractivity contribution in [1.82, 2.24) is 0 Å². The molecule has 0 bridgehead atoms. The lowest BCUT2D eigenvalue weighted by atomic mass is 10.2. The Bertz CT molecular complexity index is 669. The van der Waals surface area contributed by atoms with Gasteiger partial charge in [0.05, 0.1) is 31.1 Å². The second-order valence-corrected chi connectivity index (χ2v) is 6.86. The third-order valence-corrected chi connectivity index (χ3v) is 3.79. The van der Waals surface area contributed by atoms with Gasteiger partial charge < -0.3 is 19.3 Å². The van der Waals surface area contributed by atoms with Crippen LogP contribution in [-0.2, 0) is 10.1 Å². The van der Waals surface area contributed by atoms with Crippen molar-refractivity contribution in [1.29, 1.82) is 0 Å². The molecule has 142 valence electrons. The lowest BCUT2D eigenvalue weighted by molar-refractivity contribution is 0.0695. The molecular weight excluding hydrogens is 352 g/mol. The first-order valence-electron chi connectivity index (χ1n) is 8.03. The van der Waals surface area contributed by atoms with E-state index in [1.807, 2.05) is 13.8 Å². The third-order valence-electron chi connectivity index (χ3n) is 2.98. The van der Waals surface area contributed by atoms with Gasteiger partial charge in [-0.2, -0.15) is 8.42 Å². The number of ether oxygens (including phenoxy) is 3. The van der Waals surface area contributed by atoms with E-state index in [0.717, 1.165) is 12.8 Å². The second kappa shape index (κ2) is 10.1. The molecule has 0 aliphatic carbocycles. The predicted octanol–water partition coefficient (Wildman–Crippen LogP) is 2.62. The van der Waals surface area contributed by atoms with Gasteiger partial charge in [0.1, 0.15) is 0 Å². The van der Waals surface area contributed by atoms with Crippen LogP contribution in [0.15, 0.2) is 12.1 Å². The van der Waals surface area contributed by atoms with Crippen molar-refractivity contribution in [3.63, 3.8) is 0 Å². The van der Waals surface area contributed by atoms with Crippen LogP contribution >= 0.6 is 0 Å². The quantitative estimate of drug-likeness (QED) is 0.422. The Morgan fingerprint density at radius 1 is 1.00 bits per heavy atom. The fourth-order valence-electron chi connectivity index (χ4n) is 1.90. The van der Waals surface area contributed by atoms with Crippen LogP contribution in [0.2, 0.25) is 0 Å². The highest BCUT2D eigenvalue weighted by atomic mass is 32.2. The molecule has 1 rings (SSSR count). The summed E-state index contributed by atoms with van der Waals surface area (Å²) in [6.45, 7) is 4.58. The van der Waals surface area contributed by atoms with Gasteiger partial charge >= 0.3 is 5.97 Å². The van der Waals surface area contributed by atoms with Gasteiger partial charge in [0, 0.05) is 0 Å². The first-order valence-corrected chi connectivity index (χ1v) is 9.64. The van der Waals surface area contributed by atoms with Crippen LogP contribution in [0.3, 0.4) is 0 Å². The van der Waals surface area contributed by atoms with Crippen molar-refractivity contribution >= 4 is 16.1 Å². The van der Waals surface area contributed by atoms with Crippen LogP contribution < -0.4 is 14.2 Å². The molecule has 0 unspecified atom stereocenters. The molecule has 0 fully saturated rings. The Balaban J connectivity index is 3.06. The van der Waals surface area contributed by atoms with Gasteiger partial charge in [-0.15, -0.1) is 0 Å². The Labute approximate surface area is 147 Å². The molecule has 2 N–H and O–H groups in total. The van der Waals surface area contributed by atoms with Gasteiger partial charge in [-0.05, 0) is 31.4 Å². The normalized spacial score (nSPS) is 11.2. The maximum Gasteiger partial charge on any atom is 0.335 e. The molecule has 8 nitrogen and oxygen atoms in total. The standard InChI is InChI=1S/C16H24O8S/c1-3-6-22-13-10-12(16(17)18)11-14(15(13)24-7-4-2)23-8-5-9-25(19,20)21/h10-11H,3-9H2,1-2H3,(H,17,18)(H,19,20,21). The molecule has 0 amide bonds. The number of hydrogen-bond acceptors (Lipinski definition) is 6. The van der Waals surface area contributed by atoms with Crippen LogP contribution in [-0.4, -0.2) is 49.6 Å². The average Bonchev–Trinajstić information content (AvgIpc) is 2.54. The van der Waals surface area contributed by atoms with Gasteiger partial charge in [-0.1, -0.05) is 13.8 Å². The van der Waals surface area contributed by atoms with Gasteiger partial charge in [-0.25, -0.2) is 4.79 Å². The molecule has 0 radical (unpaired) electrons. The summed E-state index contributed by atoms with van der Waals surface area (Å²) in [7, 11) is -4.07. The number of hydrogen-bond donors (Lipinski definition) is 2. The monoisotopic (exact) mass is 376 g/mol. The number of carboxylic acid groups (broad SMARTS) is 1. The van der Waals surface area contributed by atoms with Crippen LogP contribution in [0.5, 0.6) is 17.2 Å². The highest BCUT2D eigenvalue weighted by molar-refractivity contribution is 7.85. The highest BCUT2D eigenvalue weighted by Gasteiger charge is 2.18. The van der Waals surface area contributed by atoms with Crippen LogP contribution in [0.4, 0.5) is 0 Å². The fourth-order valence-corrected chi connectivity index (χ4v) is 2.38. The van der Waals surface area contributed by atoms with Crippen LogP contribution in [0.1, 0.15) is 43.5 Å². The van der Waals surface area contributed by atoms with Crippen LogP contribution in [0.25, 0.3) is 0 Å².